The summed E-state index contributed by atoms with van der Waals surface area (Å²) in [4.78, 5) is 27.4. The molecule has 3 rings (SSSR count). The van der Waals surface area contributed by atoms with E-state index in [1.54, 1.807) is 37.0 Å². The fraction of sp³-hybridized carbons (Fsp3) is 0.176. The highest BCUT2D eigenvalue weighted by molar-refractivity contribution is 6.08. The van der Waals surface area contributed by atoms with Gasteiger partial charge in [-0.1, -0.05) is 17.3 Å². The zero-order chi connectivity index (χ0) is 17.3. The lowest BCUT2D eigenvalue weighted by molar-refractivity contribution is 0.101. The van der Waals surface area contributed by atoms with Crippen LogP contribution in [0.5, 0.6) is 0 Å². The van der Waals surface area contributed by atoms with Crippen molar-refractivity contribution in [3.05, 3.63) is 59.2 Å². The van der Waals surface area contributed by atoms with E-state index in [4.69, 9.17) is 0 Å². The largest absolute Gasteiger partial charge is 0.354 e. The van der Waals surface area contributed by atoms with Crippen molar-refractivity contribution in [2.45, 2.75) is 20.8 Å². The van der Waals surface area contributed by atoms with E-state index in [-0.39, 0.29) is 11.7 Å². The molecule has 0 aliphatic rings. The second-order valence-corrected chi connectivity index (χ2v) is 5.50. The Balaban J connectivity index is 1.95. The first-order valence-electron chi connectivity index (χ1n) is 7.46. The second-order valence-electron chi connectivity index (χ2n) is 5.50. The Morgan fingerprint density at radius 2 is 1.96 bits per heavy atom. The summed E-state index contributed by atoms with van der Waals surface area (Å²) in [6.45, 7) is 5.03. The number of hydrogen-bond acceptors (Lipinski definition) is 4. The fourth-order valence-electron chi connectivity index (χ4n) is 2.81. The van der Waals surface area contributed by atoms with Gasteiger partial charge in [0.15, 0.2) is 5.78 Å². The molecule has 0 spiro atoms. The van der Waals surface area contributed by atoms with E-state index in [0.29, 0.717) is 33.9 Å². The Labute approximate surface area is 138 Å². The number of aryl methyl sites for hydroxylation is 1. The molecule has 0 saturated heterocycles. The normalized spacial score (nSPS) is 10.6. The highest BCUT2D eigenvalue weighted by Crippen LogP contribution is 2.22. The summed E-state index contributed by atoms with van der Waals surface area (Å²) in [5.74, 6) is -0.376. The molecule has 24 heavy (non-hydrogen) atoms. The Hall–Kier alpha value is -3.22. The maximum absolute atomic E-state index is 12.6. The summed E-state index contributed by atoms with van der Waals surface area (Å²) in [6.07, 6.45) is 3.26. The van der Waals surface area contributed by atoms with Crippen LogP contribution in [0.25, 0.3) is 5.69 Å². The molecule has 1 aromatic carbocycles. The third kappa shape index (κ3) is 2.71. The number of hydrogen-bond donors (Lipinski definition) is 2. The maximum atomic E-state index is 12.6. The third-order valence-electron chi connectivity index (χ3n) is 3.84. The molecule has 0 aliphatic carbocycles. The molecule has 2 heterocycles. The highest BCUT2D eigenvalue weighted by Gasteiger charge is 2.20. The van der Waals surface area contributed by atoms with Gasteiger partial charge in [-0.15, -0.1) is 5.10 Å². The number of carbonyl (C=O) groups is 2. The van der Waals surface area contributed by atoms with E-state index in [1.165, 1.54) is 6.92 Å². The van der Waals surface area contributed by atoms with Gasteiger partial charge < -0.3 is 10.3 Å². The monoisotopic (exact) mass is 323 g/mol. The number of carbonyl (C=O) groups excluding carboxylic acids is 2. The van der Waals surface area contributed by atoms with Crippen molar-refractivity contribution < 1.29 is 9.59 Å². The molecule has 2 N–H and O–H groups in total. The van der Waals surface area contributed by atoms with Gasteiger partial charge in [-0.3, -0.25) is 9.59 Å². The minimum Gasteiger partial charge on any atom is -0.354 e. The molecular weight excluding hydrogens is 306 g/mol. The molecule has 2 aromatic heterocycles. The van der Waals surface area contributed by atoms with Crippen LogP contribution in [0.4, 0.5) is 5.69 Å². The molecule has 0 fully saturated rings. The van der Waals surface area contributed by atoms with Crippen molar-refractivity contribution in [2.24, 2.45) is 0 Å². The number of ketones is 1. The molecule has 0 saturated carbocycles. The number of rotatable bonds is 4. The third-order valence-corrected chi connectivity index (χ3v) is 3.84. The number of para-hydroxylation sites is 2. The zero-order valence-corrected chi connectivity index (χ0v) is 13.6. The number of anilines is 1. The Bertz CT molecular complexity index is 909. The van der Waals surface area contributed by atoms with Crippen molar-refractivity contribution in [1.29, 1.82) is 0 Å². The van der Waals surface area contributed by atoms with E-state index < -0.39 is 0 Å². The summed E-state index contributed by atoms with van der Waals surface area (Å²) in [7, 11) is 0. The lowest BCUT2D eigenvalue weighted by Gasteiger charge is -2.10. The van der Waals surface area contributed by atoms with Gasteiger partial charge in [0, 0.05) is 11.3 Å². The van der Waals surface area contributed by atoms with Crippen molar-refractivity contribution >= 4 is 17.4 Å². The van der Waals surface area contributed by atoms with E-state index in [2.05, 4.69) is 20.6 Å². The molecular formula is C17H17N5O2. The minimum atomic E-state index is -0.310. The van der Waals surface area contributed by atoms with Crippen LogP contribution in [0.3, 0.4) is 0 Å². The Kier molecular flexibility index (Phi) is 3.99. The van der Waals surface area contributed by atoms with Crippen molar-refractivity contribution in [3.8, 4) is 5.69 Å². The molecule has 0 unspecified atom stereocenters. The van der Waals surface area contributed by atoms with Crippen LogP contribution in [-0.2, 0) is 0 Å². The first-order chi connectivity index (χ1) is 11.5. The van der Waals surface area contributed by atoms with Crippen LogP contribution < -0.4 is 5.32 Å². The summed E-state index contributed by atoms with van der Waals surface area (Å²) < 4.78 is 1.57. The molecule has 0 radical (unpaired) electrons. The van der Waals surface area contributed by atoms with Crippen LogP contribution in [0, 0.1) is 13.8 Å². The lowest BCUT2D eigenvalue weighted by Crippen LogP contribution is -2.15. The molecule has 7 heteroatoms. The quantitative estimate of drug-likeness (QED) is 0.722. The second kappa shape index (κ2) is 6.11. The van der Waals surface area contributed by atoms with Gasteiger partial charge in [0.25, 0.3) is 5.91 Å². The van der Waals surface area contributed by atoms with Crippen molar-refractivity contribution in [2.75, 3.05) is 5.32 Å². The smallest absolute Gasteiger partial charge is 0.272 e. The number of nitrogens with zero attached hydrogens (tertiary/aromatic N) is 3. The van der Waals surface area contributed by atoms with E-state index >= 15 is 0 Å². The van der Waals surface area contributed by atoms with E-state index in [1.807, 2.05) is 18.2 Å². The van der Waals surface area contributed by atoms with Crippen LogP contribution in [-0.4, -0.2) is 31.7 Å². The highest BCUT2D eigenvalue weighted by atomic mass is 16.2. The average Bonchev–Trinajstić information content (AvgIpc) is 3.16. The molecule has 1 amide bonds. The van der Waals surface area contributed by atoms with Crippen LogP contribution in [0.1, 0.15) is 39.0 Å². The van der Waals surface area contributed by atoms with Gasteiger partial charge in [0.05, 0.1) is 23.8 Å². The number of aromatic nitrogens is 4. The standard InChI is InChI=1S/C17H17N5O2/c1-10-15(12(3)23)11(2)19-16(10)17(24)20-13-6-4-5-7-14(13)22-9-8-18-21-22/h4-9,19H,1-3H3,(H,20,24). The van der Waals surface area contributed by atoms with Crippen molar-refractivity contribution in [3.63, 3.8) is 0 Å². The first kappa shape index (κ1) is 15.7. The summed E-state index contributed by atoms with van der Waals surface area (Å²) in [5, 5.41) is 10.6. The number of H-pyrrole nitrogens is 1. The predicted octanol–water partition coefficient (Wildman–Crippen LogP) is 2.67. The predicted molar refractivity (Wildman–Crippen MR) is 89.6 cm³/mol. The topological polar surface area (TPSA) is 92.7 Å². The molecule has 122 valence electrons. The number of benzene rings is 1. The van der Waals surface area contributed by atoms with Gasteiger partial charge >= 0.3 is 0 Å². The maximum Gasteiger partial charge on any atom is 0.272 e. The summed E-state index contributed by atoms with van der Waals surface area (Å²) in [5.41, 5.74) is 3.58. The Morgan fingerprint density at radius 3 is 2.58 bits per heavy atom. The van der Waals surface area contributed by atoms with Crippen LogP contribution in [0.15, 0.2) is 36.7 Å². The molecule has 3 aromatic rings. The molecule has 7 nitrogen and oxygen atoms in total. The number of amides is 1. The Morgan fingerprint density at radius 1 is 1.21 bits per heavy atom. The van der Waals surface area contributed by atoms with Gasteiger partial charge in [0.1, 0.15) is 5.69 Å². The average molecular weight is 323 g/mol. The number of nitrogens with one attached hydrogen (secondary N) is 2. The van der Waals surface area contributed by atoms with E-state index in [9.17, 15) is 9.59 Å². The molecule has 0 atom stereocenters. The lowest BCUT2D eigenvalue weighted by atomic mass is 10.1. The van der Waals surface area contributed by atoms with Gasteiger partial charge in [-0.05, 0) is 38.5 Å². The van der Waals surface area contributed by atoms with E-state index in [0.717, 1.165) is 0 Å². The minimum absolute atomic E-state index is 0.0664. The van der Waals surface area contributed by atoms with Gasteiger partial charge in [0.2, 0.25) is 0 Å². The number of aromatic amines is 1. The van der Waals surface area contributed by atoms with Gasteiger partial charge in [-0.2, -0.15) is 0 Å². The van der Waals surface area contributed by atoms with Crippen molar-refractivity contribution in [1.82, 2.24) is 20.0 Å². The zero-order valence-electron chi connectivity index (χ0n) is 13.6. The number of Topliss-reactive ketones (excluding diaryl/α,β-unsaturated/α-hetero) is 1. The van der Waals surface area contributed by atoms with Gasteiger partial charge in [-0.25, -0.2) is 4.68 Å². The van der Waals surface area contributed by atoms with Crippen LogP contribution in [0.2, 0.25) is 0 Å². The first-order valence-corrected chi connectivity index (χ1v) is 7.46. The molecule has 0 bridgehead atoms. The summed E-state index contributed by atoms with van der Waals surface area (Å²) >= 11 is 0. The molecule has 0 aliphatic heterocycles. The summed E-state index contributed by atoms with van der Waals surface area (Å²) in [6, 6.07) is 7.29. The SMILES string of the molecule is CC(=O)c1c(C)[nH]c(C(=O)Nc2ccccc2-n2ccnn2)c1C. The van der Waals surface area contributed by atoms with Crippen LogP contribution >= 0.6 is 0 Å². The fourth-order valence-corrected chi connectivity index (χ4v) is 2.81.